The number of anilines is 1. The molecule has 0 fully saturated rings. The number of pyridine rings is 1. The molecule has 2 aromatic heterocycles. The van der Waals surface area contributed by atoms with Gasteiger partial charge in [0.1, 0.15) is 0 Å². The van der Waals surface area contributed by atoms with Crippen LogP contribution in [0.5, 0.6) is 0 Å². The molecule has 0 aliphatic heterocycles. The fourth-order valence-electron chi connectivity index (χ4n) is 1.82. The number of carbonyl (C=O) groups is 1. The number of hydrogen-bond donors (Lipinski definition) is 1. The number of para-hydroxylation sites is 1. The fraction of sp³-hybridized carbons (Fsp3) is 0. The van der Waals surface area contributed by atoms with E-state index in [0.29, 0.717) is 22.1 Å². The number of nitrogens with one attached hydrogen (secondary N) is 1. The van der Waals surface area contributed by atoms with Gasteiger partial charge in [0.05, 0.1) is 16.9 Å². The highest BCUT2D eigenvalue weighted by molar-refractivity contribution is 6.32. The third-order valence-corrected chi connectivity index (χ3v) is 3.12. The van der Waals surface area contributed by atoms with Crippen LogP contribution in [0.4, 0.5) is 5.69 Å². The Morgan fingerprint density at radius 1 is 1.14 bits per heavy atom. The second kappa shape index (κ2) is 5.72. The third-order valence-electron chi connectivity index (χ3n) is 2.80. The molecule has 0 saturated heterocycles. The SMILES string of the molecule is O=C(Nc1ccncc1)c1cnnn1-c1ccccc1Cl. The Bertz CT molecular complexity index is 772. The third kappa shape index (κ3) is 2.75. The molecule has 6 nitrogen and oxygen atoms in total. The maximum atomic E-state index is 12.3. The number of amides is 1. The fourth-order valence-corrected chi connectivity index (χ4v) is 2.04. The Labute approximate surface area is 125 Å². The van der Waals surface area contributed by atoms with Crippen LogP contribution in [0.25, 0.3) is 5.69 Å². The van der Waals surface area contributed by atoms with Crippen LogP contribution in [-0.4, -0.2) is 25.9 Å². The van der Waals surface area contributed by atoms with Crippen LogP contribution in [-0.2, 0) is 0 Å². The summed E-state index contributed by atoms with van der Waals surface area (Å²) in [5, 5.41) is 10.9. The second-order valence-electron chi connectivity index (χ2n) is 4.17. The lowest BCUT2D eigenvalue weighted by Gasteiger charge is -2.08. The zero-order chi connectivity index (χ0) is 14.7. The van der Waals surface area contributed by atoms with Gasteiger partial charge >= 0.3 is 0 Å². The monoisotopic (exact) mass is 299 g/mol. The van der Waals surface area contributed by atoms with Gasteiger partial charge in [-0.1, -0.05) is 28.9 Å². The Morgan fingerprint density at radius 2 is 1.90 bits per heavy atom. The molecule has 104 valence electrons. The Hall–Kier alpha value is -2.73. The van der Waals surface area contributed by atoms with Crippen LogP contribution in [0, 0.1) is 0 Å². The Kier molecular flexibility index (Phi) is 3.61. The highest BCUT2D eigenvalue weighted by atomic mass is 35.5. The van der Waals surface area contributed by atoms with E-state index in [1.54, 1.807) is 42.7 Å². The maximum Gasteiger partial charge on any atom is 0.276 e. The molecule has 0 bridgehead atoms. The molecule has 0 aliphatic rings. The molecule has 1 aromatic carbocycles. The molecule has 0 saturated carbocycles. The van der Waals surface area contributed by atoms with Crippen LogP contribution >= 0.6 is 11.6 Å². The van der Waals surface area contributed by atoms with E-state index in [9.17, 15) is 4.79 Å². The molecule has 0 aliphatic carbocycles. The predicted molar refractivity (Wildman–Crippen MR) is 78.6 cm³/mol. The molecule has 0 spiro atoms. The van der Waals surface area contributed by atoms with E-state index in [2.05, 4.69) is 20.6 Å². The van der Waals surface area contributed by atoms with Crippen LogP contribution in [0.2, 0.25) is 5.02 Å². The predicted octanol–water partition coefficient (Wildman–Crippen LogP) is 2.57. The summed E-state index contributed by atoms with van der Waals surface area (Å²) in [6, 6.07) is 10.5. The van der Waals surface area contributed by atoms with Gasteiger partial charge in [-0.25, -0.2) is 4.68 Å². The first-order chi connectivity index (χ1) is 10.3. The number of carbonyl (C=O) groups excluding carboxylic acids is 1. The van der Waals surface area contributed by atoms with E-state index in [1.165, 1.54) is 10.9 Å². The minimum atomic E-state index is -0.328. The van der Waals surface area contributed by atoms with Crippen molar-refractivity contribution in [3.63, 3.8) is 0 Å². The lowest BCUT2D eigenvalue weighted by atomic mass is 10.3. The number of hydrogen-bond acceptors (Lipinski definition) is 4. The average Bonchev–Trinajstić information content (AvgIpc) is 2.98. The van der Waals surface area contributed by atoms with Gasteiger partial charge in [-0.2, -0.15) is 0 Å². The van der Waals surface area contributed by atoms with E-state index >= 15 is 0 Å². The van der Waals surface area contributed by atoms with Gasteiger partial charge in [-0.3, -0.25) is 9.78 Å². The average molecular weight is 300 g/mol. The number of rotatable bonds is 3. The quantitative estimate of drug-likeness (QED) is 0.806. The summed E-state index contributed by atoms with van der Waals surface area (Å²) in [6.45, 7) is 0. The van der Waals surface area contributed by atoms with Gasteiger partial charge in [-0.15, -0.1) is 5.10 Å². The van der Waals surface area contributed by atoms with Crippen LogP contribution in [0.3, 0.4) is 0 Å². The first-order valence-electron chi connectivity index (χ1n) is 6.12. The van der Waals surface area contributed by atoms with Crippen molar-refractivity contribution in [2.45, 2.75) is 0 Å². The number of benzene rings is 1. The van der Waals surface area contributed by atoms with Crippen molar-refractivity contribution in [2.24, 2.45) is 0 Å². The molecular formula is C14H10ClN5O. The smallest absolute Gasteiger partial charge is 0.276 e. The van der Waals surface area contributed by atoms with Crippen molar-refractivity contribution < 1.29 is 4.79 Å². The van der Waals surface area contributed by atoms with Crippen molar-refractivity contribution in [1.82, 2.24) is 20.0 Å². The lowest BCUT2D eigenvalue weighted by molar-refractivity contribution is 0.101. The molecule has 7 heteroatoms. The first-order valence-corrected chi connectivity index (χ1v) is 6.50. The summed E-state index contributed by atoms with van der Waals surface area (Å²) in [7, 11) is 0. The van der Waals surface area contributed by atoms with E-state index < -0.39 is 0 Å². The van der Waals surface area contributed by atoms with Gasteiger partial charge < -0.3 is 5.32 Å². The van der Waals surface area contributed by atoms with Crippen molar-refractivity contribution >= 4 is 23.2 Å². The molecule has 0 unspecified atom stereocenters. The molecule has 21 heavy (non-hydrogen) atoms. The first kappa shape index (κ1) is 13.3. The minimum Gasteiger partial charge on any atom is -0.320 e. The molecule has 1 amide bonds. The lowest BCUT2D eigenvalue weighted by Crippen LogP contribution is -2.17. The number of aromatic nitrogens is 4. The normalized spacial score (nSPS) is 10.3. The zero-order valence-electron chi connectivity index (χ0n) is 10.8. The topological polar surface area (TPSA) is 72.7 Å². The minimum absolute atomic E-state index is 0.292. The summed E-state index contributed by atoms with van der Waals surface area (Å²) >= 11 is 6.12. The zero-order valence-corrected chi connectivity index (χ0v) is 11.5. The highest BCUT2D eigenvalue weighted by Crippen LogP contribution is 2.20. The summed E-state index contributed by atoms with van der Waals surface area (Å²) < 4.78 is 1.40. The number of halogens is 1. The van der Waals surface area contributed by atoms with Crippen LogP contribution in [0.15, 0.2) is 55.0 Å². The van der Waals surface area contributed by atoms with Crippen molar-refractivity contribution in [2.75, 3.05) is 5.32 Å². The molecule has 3 aromatic rings. The Morgan fingerprint density at radius 3 is 2.67 bits per heavy atom. The summed E-state index contributed by atoms with van der Waals surface area (Å²) in [5.41, 5.74) is 1.53. The summed E-state index contributed by atoms with van der Waals surface area (Å²) in [5.74, 6) is -0.328. The standard InChI is InChI=1S/C14H10ClN5O/c15-11-3-1-2-4-12(11)20-13(9-17-19-20)14(21)18-10-5-7-16-8-6-10/h1-9H,(H,16,18,21). The summed E-state index contributed by atoms with van der Waals surface area (Å²) in [6.07, 6.45) is 4.58. The Balaban J connectivity index is 1.93. The number of nitrogens with zero attached hydrogens (tertiary/aromatic N) is 4. The molecule has 1 N–H and O–H groups in total. The molecule has 0 atom stereocenters. The summed E-state index contributed by atoms with van der Waals surface area (Å²) in [4.78, 5) is 16.2. The van der Waals surface area contributed by atoms with Crippen molar-refractivity contribution in [3.8, 4) is 5.69 Å². The van der Waals surface area contributed by atoms with Crippen molar-refractivity contribution in [1.29, 1.82) is 0 Å². The second-order valence-corrected chi connectivity index (χ2v) is 4.58. The van der Waals surface area contributed by atoms with Gasteiger partial charge in [0, 0.05) is 18.1 Å². The van der Waals surface area contributed by atoms with Crippen LogP contribution in [0.1, 0.15) is 10.5 Å². The van der Waals surface area contributed by atoms with Gasteiger partial charge in [0.15, 0.2) is 5.69 Å². The van der Waals surface area contributed by atoms with Gasteiger partial charge in [0.2, 0.25) is 0 Å². The molecule has 0 radical (unpaired) electrons. The van der Waals surface area contributed by atoms with Gasteiger partial charge in [0.25, 0.3) is 5.91 Å². The molecule has 2 heterocycles. The van der Waals surface area contributed by atoms with E-state index in [0.717, 1.165) is 0 Å². The highest BCUT2D eigenvalue weighted by Gasteiger charge is 2.16. The maximum absolute atomic E-state index is 12.3. The largest absolute Gasteiger partial charge is 0.320 e. The van der Waals surface area contributed by atoms with E-state index in [-0.39, 0.29) is 5.91 Å². The van der Waals surface area contributed by atoms with Crippen molar-refractivity contribution in [3.05, 3.63) is 65.7 Å². The van der Waals surface area contributed by atoms with E-state index in [4.69, 9.17) is 11.6 Å². The molecule has 3 rings (SSSR count). The molecular weight excluding hydrogens is 290 g/mol. The van der Waals surface area contributed by atoms with E-state index in [1.807, 2.05) is 6.07 Å². The van der Waals surface area contributed by atoms with Gasteiger partial charge in [-0.05, 0) is 24.3 Å². The van der Waals surface area contributed by atoms with Crippen LogP contribution < -0.4 is 5.32 Å².